The van der Waals surface area contributed by atoms with Crippen LogP contribution in [0.3, 0.4) is 0 Å². The number of nitrogens with one attached hydrogen (secondary N) is 1. The molecule has 1 N–H and O–H groups in total. The molecule has 1 amide bonds. The molecule has 0 atom stereocenters. The molecule has 1 heterocycles. The van der Waals surface area contributed by atoms with E-state index in [4.69, 9.17) is 33.3 Å². The van der Waals surface area contributed by atoms with Gasteiger partial charge in [0, 0.05) is 29.4 Å². The fourth-order valence-electron chi connectivity index (χ4n) is 2.32. The molecule has 0 unspecified atom stereocenters. The summed E-state index contributed by atoms with van der Waals surface area (Å²) in [6.45, 7) is 2.74. The molecule has 1 aliphatic rings. The zero-order chi connectivity index (χ0) is 17.6. The molecule has 0 aliphatic carbocycles. The Hall–Kier alpha value is -2.15. The zero-order valence-corrected chi connectivity index (χ0v) is 15.0. The molecule has 1 saturated heterocycles. The number of hydrogen-bond acceptors (Lipinski definition) is 4. The molecule has 1 aliphatic heterocycles. The summed E-state index contributed by atoms with van der Waals surface area (Å²) in [5, 5.41) is 3.85. The van der Waals surface area contributed by atoms with Crippen molar-refractivity contribution in [3.8, 4) is 5.75 Å². The van der Waals surface area contributed by atoms with Crippen LogP contribution in [-0.4, -0.2) is 42.3 Å². The van der Waals surface area contributed by atoms with Gasteiger partial charge in [-0.2, -0.15) is 0 Å². The molecule has 2 aromatic carbocycles. The van der Waals surface area contributed by atoms with Gasteiger partial charge in [-0.15, -0.1) is 0 Å². The van der Waals surface area contributed by atoms with Crippen molar-refractivity contribution in [3.05, 3.63) is 59.1 Å². The van der Waals surface area contributed by atoms with Crippen LogP contribution in [0.15, 0.2) is 48.5 Å². The summed E-state index contributed by atoms with van der Waals surface area (Å²) >= 11 is 11.1. The average molecular weight is 377 g/mol. The first kappa shape index (κ1) is 17.7. The largest absolute Gasteiger partial charge is 0.432 e. The monoisotopic (exact) mass is 376 g/mol. The zero-order valence-electron chi connectivity index (χ0n) is 13.4. The Morgan fingerprint density at radius 2 is 1.72 bits per heavy atom. The van der Waals surface area contributed by atoms with E-state index in [1.807, 2.05) is 4.90 Å². The number of morpholine rings is 1. The Balaban J connectivity index is 1.58. The average Bonchev–Trinajstić information content (AvgIpc) is 2.65. The van der Waals surface area contributed by atoms with Gasteiger partial charge in [0.2, 0.25) is 0 Å². The van der Waals surface area contributed by atoms with Crippen molar-refractivity contribution in [1.29, 1.82) is 0 Å². The van der Waals surface area contributed by atoms with Gasteiger partial charge in [-0.05, 0) is 60.7 Å². The lowest BCUT2D eigenvalue weighted by molar-refractivity contribution is 0.0631. The van der Waals surface area contributed by atoms with Crippen LogP contribution in [0.5, 0.6) is 5.75 Å². The number of thiocarbonyl (C=S) groups is 1. The normalized spacial score (nSPS) is 14.0. The second kappa shape index (κ2) is 8.29. The number of amides is 1. The molecule has 2 aromatic rings. The van der Waals surface area contributed by atoms with Crippen molar-refractivity contribution in [2.45, 2.75) is 0 Å². The lowest BCUT2D eigenvalue weighted by Gasteiger charge is -2.28. The van der Waals surface area contributed by atoms with Gasteiger partial charge in [0.05, 0.1) is 13.2 Å². The van der Waals surface area contributed by atoms with E-state index in [1.54, 1.807) is 48.5 Å². The number of carbonyl (C=O) groups is 1. The van der Waals surface area contributed by atoms with Crippen molar-refractivity contribution in [2.24, 2.45) is 0 Å². The van der Waals surface area contributed by atoms with Crippen LogP contribution in [0.4, 0.5) is 5.69 Å². The Kier molecular flexibility index (Phi) is 5.86. The highest BCUT2D eigenvalue weighted by molar-refractivity contribution is 7.80. The van der Waals surface area contributed by atoms with Crippen molar-refractivity contribution < 1.29 is 14.3 Å². The smallest absolute Gasteiger partial charge is 0.264 e. The third-order valence-corrected chi connectivity index (χ3v) is 4.29. The van der Waals surface area contributed by atoms with Crippen molar-refractivity contribution in [1.82, 2.24) is 4.90 Å². The molecular weight excluding hydrogens is 360 g/mol. The summed E-state index contributed by atoms with van der Waals surface area (Å²) in [6.07, 6.45) is 0. The van der Waals surface area contributed by atoms with E-state index >= 15 is 0 Å². The highest BCUT2D eigenvalue weighted by Gasteiger charge is 2.15. The van der Waals surface area contributed by atoms with Crippen molar-refractivity contribution in [3.63, 3.8) is 0 Å². The molecule has 0 bridgehead atoms. The van der Waals surface area contributed by atoms with E-state index in [1.165, 1.54) is 0 Å². The van der Waals surface area contributed by atoms with Gasteiger partial charge in [-0.1, -0.05) is 11.6 Å². The maximum Gasteiger partial charge on any atom is 0.264 e. The highest BCUT2D eigenvalue weighted by atomic mass is 35.5. The lowest BCUT2D eigenvalue weighted by atomic mass is 10.2. The van der Waals surface area contributed by atoms with Gasteiger partial charge >= 0.3 is 0 Å². The number of nitrogens with zero attached hydrogens (tertiary/aromatic N) is 1. The number of carbonyl (C=O) groups excluding carboxylic acids is 1. The molecule has 130 valence electrons. The number of benzene rings is 2. The van der Waals surface area contributed by atoms with Gasteiger partial charge in [0.15, 0.2) is 0 Å². The van der Waals surface area contributed by atoms with Gasteiger partial charge in [0.1, 0.15) is 5.75 Å². The van der Waals surface area contributed by atoms with Gasteiger partial charge in [-0.25, -0.2) is 0 Å². The topological polar surface area (TPSA) is 50.8 Å². The minimum atomic E-state index is -0.204. The third kappa shape index (κ3) is 4.92. The van der Waals surface area contributed by atoms with E-state index < -0.39 is 0 Å². The number of rotatable bonds is 3. The molecule has 3 rings (SSSR count). The SMILES string of the molecule is O=C(Nc1ccc(Cl)cc1)c1ccc(OC(=S)N2CCOCC2)cc1. The Bertz CT molecular complexity index is 744. The highest BCUT2D eigenvalue weighted by Crippen LogP contribution is 2.17. The van der Waals surface area contributed by atoms with Gasteiger partial charge in [-0.3, -0.25) is 4.79 Å². The predicted octanol–water partition coefficient (Wildman–Crippen LogP) is 3.59. The summed E-state index contributed by atoms with van der Waals surface area (Å²) < 4.78 is 11.0. The summed E-state index contributed by atoms with van der Waals surface area (Å²) in [6, 6.07) is 13.8. The maximum absolute atomic E-state index is 12.2. The minimum Gasteiger partial charge on any atom is -0.432 e. The number of halogens is 1. The van der Waals surface area contributed by atoms with Gasteiger partial charge in [0.25, 0.3) is 11.1 Å². The summed E-state index contributed by atoms with van der Waals surface area (Å²) in [7, 11) is 0. The first-order valence-corrected chi connectivity index (χ1v) is 8.62. The Morgan fingerprint density at radius 1 is 1.08 bits per heavy atom. The molecule has 0 radical (unpaired) electrons. The second-order valence-corrected chi connectivity index (χ2v) is 6.24. The third-order valence-electron chi connectivity index (χ3n) is 3.69. The quantitative estimate of drug-likeness (QED) is 0.830. The van der Waals surface area contributed by atoms with Gasteiger partial charge < -0.3 is 19.7 Å². The first-order chi connectivity index (χ1) is 12.1. The standard InChI is InChI=1S/C18H17ClN2O3S/c19-14-3-5-15(6-4-14)20-17(22)13-1-7-16(8-2-13)24-18(25)21-9-11-23-12-10-21/h1-8H,9-12H2,(H,20,22). The van der Waals surface area contributed by atoms with Crippen molar-refractivity contribution >= 4 is 40.6 Å². The molecule has 0 aromatic heterocycles. The fourth-order valence-corrected chi connectivity index (χ4v) is 2.73. The maximum atomic E-state index is 12.2. The minimum absolute atomic E-state index is 0.204. The van der Waals surface area contributed by atoms with E-state index in [0.29, 0.717) is 40.4 Å². The van der Waals surface area contributed by atoms with E-state index in [2.05, 4.69) is 5.32 Å². The van der Waals surface area contributed by atoms with Crippen LogP contribution in [-0.2, 0) is 4.74 Å². The van der Waals surface area contributed by atoms with E-state index in [0.717, 1.165) is 13.1 Å². The Labute approximate surface area is 156 Å². The lowest BCUT2D eigenvalue weighted by Crippen LogP contribution is -2.42. The predicted molar refractivity (Wildman–Crippen MR) is 101 cm³/mol. The molecule has 0 saturated carbocycles. The van der Waals surface area contributed by atoms with Crippen LogP contribution < -0.4 is 10.1 Å². The molecule has 7 heteroatoms. The van der Waals surface area contributed by atoms with Crippen LogP contribution in [0.2, 0.25) is 5.02 Å². The molecule has 25 heavy (non-hydrogen) atoms. The van der Waals surface area contributed by atoms with E-state index in [-0.39, 0.29) is 5.91 Å². The summed E-state index contributed by atoms with van der Waals surface area (Å²) in [4.78, 5) is 14.2. The van der Waals surface area contributed by atoms with Crippen LogP contribution in [0.25, 0.3) is 0 Å². The molecular formula is C18H17ClN2O3S. The van der Waals surface area contributed by atoms with Crippen LogP contribution in [0.1, 0.15) is 10.4 Å². The summed E-state index contributed by atoms with van der Waals surface area (Å²) in [5.41, 5.74) is 1.21. The second-order valence-electron chi connectivity index (χ2n) is 5.45. The molecule has 5 nitrogen and oxygen atoms in total. The van der Waals surface area contributed by atoms with Crippen molar-refractivity contribution in [2.75, 3.05) is 31.6 Å². The number of anilines is 1. The number of ether oxygens (including phenoxy) is 2. The Morgan fingerprint density at radius 3 is 2.36 bits per heavy atom. The molecule has 1 fully saturated rings. The first-order valence-electron chi connectivity index (χ1n) is 7.83. The van der Waals surface area contributed by atoms with E-state index in [9.17, 15) is 4.79 Å². The number of hydrogen-bond donors (Lipinski definition) is 1. The fraction of sp³-hybridized carbons (Fsp3) is 0.222. The van der Waals surface area contributed by atoms with Crippen LogP contribution >= 0.6 is 23.8 Å². The van der Waals surface area contributed by atoms with Crippen LogP contribution in [0, 0.1) is 0 Å². The summed E-state index contributed by atoms with van der Waals surface area (Å²) in [5.74, 6) is 0.393. The molecule has 0 spiro atoms.